The summed E-state index contributed by atoms with van der Waals surface area (Å²) in [6, 6.07) is 4.56. The molecule has 2 atom stereocenters. The highest BCUT2D eigenvalue weighted by atomic mass is 35.5. The fraction of sp³-hybridized carbons (Fsp3) is 0.688. The number of pyridine rings is 1. The first-order chi connectivity index (χ1) is 10.1. The lowest BCUT2D eigenvalue weighted by molar-refractivity contribution is 0.206. The van der Waals surface area contributed by atoms with Crippen LogP contribution in [0.4, 0.5) is 5.82 Å². The van der Waals surface area contributed by atoms with Gasteiger partial charge in [-0.1, -0.05) is 6.07 Å². The van der Waals surface area contributed by atoms with Gasteiger partial charge >= 0.3 is 0 Å². The summed E-state index contributed by atoms with van der Waals surface area (Å²) >= 11 is 0. The number of likely N-dealkylation sites (tertiary alicyclic amines) is 1. The molecule has 0 saturated carbocycles. The molecule has 2 N–H and O–H groups in total. The molecular formula is C16H29ClN4O. The van der Waals surface area contributed by atoms with E-state index in [1.54, 1.807) is 7.11 Å². The predicted octanol–water partition coefficient (Wildman–Crippen LogP) is 1.76. The highest BCUT2D eigenvalue weighted by Gasteiger charge is 2.24. The molecule has 1 aliphatic heterocycles. The Morgan fingerprint density at radius 1 is 1.50 bits per heavy atom. The monoisotopic (exact) mass is 328 g/mol. The average molecular weight is 329 g/mol. The van der Waals surface area contributed by atoms with Gasteiger partial charge in [0, 0.05) is 46.0 Å². The van der Waals surface area contributed by atoms with Gasteiger partial charge in [0.1, 0.15) is 5.82 Å². The van der Waals surface area contributed by atoms with E-state index in [2.05, 4.69) is 33.8 Å². The molecule has 0 aliphatic carbocycles. The van der Waals surface area contributed by atoms with E-state index in [1.807, 2.05) is 13.2 Å². The molecule has 1 fully saturated rings. The molecular weight excluding hydrogens is 300 g/mol. The molecule has 2 rings (SSSR count). The minimum absolute atomic E-state index is 0. The van der Waals surface area contributed by atoms with Crippen LogP contribution in [0.3, 0.4) is 0 Å². The van der Waals surface area contributed by atoms with Gasteiger partial charge in [0.15, 0.2) is 0 Å². The van der Waals surface area contributed by atoms with Gasteiger partial charge in [-0.25, -0.2) is 4.98 Å². The Labute approximate surface area is 140 Å². The molecule has 2 unspecified atom stereocenters. The van der Waals surface area contributed by atoms with E-state index in [0.717, 1.165) is 32.0 Å². The standard InChI is InChI=1S/C16H28N4O.ClH/c1-13(17)15-6-7-20(12-15)11-14-4-5-16(18-10-14)19(2)8-9-21-3;/h4-5,10,13,15H,6-9,11-12,17H2,1-3H3;1H. The molecule has 0 amide bonds. The minimum atomic E-state index is 0. The Morgan fingerprint density at radius 2 is 2.27 bits per heavy atom. The Morgan fingerprint density at radius 3 is 2.82 bits per heavy atom. The zero-order valence-electron chi connectivity index (χ0n) is 13.9. The summed E-state index contributed by atoms with van der Waals surface area (Å²) in [5.41, 5.74) is 7.26. The Bertz CT molecular complexity index is 427. The Hall–Kier alpha value is -0.880. The molecule has 1 aliphatic rings. The summed E-state index contributed by atoms with van der Waals surface area (Å²) in [4.78, 5) is 9.12. The highest BCUT2D eigenvalue weighted by molar-refractivity contribution is 5.85. The molecule has 0 radical (unpaired) electrons. The number of nitrogens with zero attached hydrogens (tertiary/aromatic N) is 3. The van der Waals surface area contributed by atoms with Crippen LogP contribution in [0.2, 0.25) is 0 Å². The number of likely N-dealkylation sites (N-methyl/N-ethyl adjacent to an activating group) is 1. The van der Waals surface area contributed by atoms with Gasteiger partial charge in [0.2, 0.25) is 0 Å². The van der Waals surface area contributed by atoms with Crippen molar-refractivity contribution in [2.24, 2.45) is 11.7 Å². The van der Waals surface area contributed by atoms with Crippen LogP contribution in [0.5, 0.6) is 0 Å². The summed E-state index contributed by atoms with van der Waals surface area (Å²) in [6.45, 7) is 6.89. The van der Waals surface area contributed by atoms with Crippen LogP contribution < -0.4 is 10.6 Å². The topological polar surface area (TPSA) is 54.6 Å². The number of methoxy groups -OCH3 is 1. The lowest BCUT2D eigenvalue weighted by Crippen LogP contribution is -2.29. The molecule has 1 aromatic heterocycles. The van der Waals surface area contributed by atoms with Crippen molar-refractivity contribution < 1.29 is 4.74 Å². The van der Waals surface area contributed by atoms with Crippen molar-refractivity contribution in [1.82, 2.24) is 9.88 Å². The molecule has 0 aromatic carbocycles. The molecule has 2 heterocycles. The second kappa shape index (κ2) is 9.30. The smallest absolute Gasteiger partial charge is 0.128 e. The van der Waals surface area contributed by atoms with Gasteiger partial charge in [-0.3, -0.25) is 4.90 Å². The molecule has 22 heavy (non-hydrogen) atoms. The number of hydrogen-bond acceptors (Lipinski definition) is 5. The third-order valence-electron chi connectivity index (χ3n) is 4.29. The zero-order valence-corrected chi connectivity index (χ0v) is 14.7. The lowest BCUT2D eigenvalue weighted by atomic mass is 10.0. The molecule has 5 nitrogen and oxygen atoms in total. The van der Waals surface area contributed by atoms with Crippen LogP contribution in [-0.2, 0) is 11.3 Å². The van der Waals surface area contributed by atoms with E-state index in [4.69, 9.17) is 10.5 Å². The second-order valence-corrected chi connectivity index (χ2v) is 6.08. The van der Waals surface area contributed by atoms with Crippen LogP contribution in [0.1, 0.15) is 18.9 Å². The number of anilines is 1. The fourth-order valence-corrected chi connectivity index (χ4v) is 2.77. The molecule has 0 bridgehead atoms. The summed E-state index contributed by atoms with van der Waals surface area (Å²) in [6.07, 6.45) is 3.20. The van der Waals surface area contributed by atoms with Crippen molar-refractivity contribution in [3.63, 3.8) is 0 Å². The van der Waals surface area contributed by atoms with Crippen molar-refractivity contribution in [2.75, 3.05) is 45.3 Å². The summed E-state index contributed by atoms with van der Waals surface area (Å²) in [5.74, 6) is 1.63. The van der Waals surface area contributed by atoms with Crippen LogP contribution in [0.15, 0.2) is 18.3 Å². The van der Waals surface area contributed by atoms with Gasteiger partial charge < -0.3 is 15.4 Å². The number of rotatable bonds is 7. The highest BCUT2D eigenvalue weighted by Crippen LogP contribution is 2.21. The van der Waals surface area contributed by atoms with Gasteiger partial charge in [-0.05, 0) is 37.4 Å². The van der Waals surface area contributed by atoms with Crippen molar-refractivity contribution in [1.29, 1.82) is 0 Å². The summed E-state index contributed by atoms with van der Waals surface area (Å²) < 4.78 is 5.09. The quantitative estimate of drug-likeness (QED) is 0.826. The van der Waals surface area contributed by atoms with Crippen molar-refractivity contribution in [3.05, 3.63) is 23.9 Å². The van der Waals surface area contributed by atoms with Crippen LogP contribution in [-0.4, -0.2) is 56.3 Å². The maximum Gasteiger partial charge on any atom is 0.128 e. The fourth-order valence-electron chi connectivity index (χ4n) is 2.77. The first-order valence-corrected chi connectivity index (χ1v) is 7.73. The van der Waals surface area contributed by atoms with Crippen LogP contribution in [0.25, 0.3) is 0 Å². The maximum atomic E-state index is 5.99. The first-order valence-electron chi connectivity index (χ1n) is 7.73. The van der Waals surface area contributed by atoms with Crippen LogP contribution in [0, 0.1) is 5.92 Å². The third-order valence-corrected chi connectivity index (χ3v) is 4.29. The van der Waals surface area contributed by atoms with Gasteiger partial charge in [-0.2, -0.15) is 0 Å². The number of halogens is 1. The van der Waals surface area contributed by atoms with Gasteiger partial charge in [0.25, 0.3) is 0 Å². The lowest BCUT2D eigenvalue weighted by Gasteiger charge is -2.19. The summed E-state index contributed by atoms with van der Waals surface area (Å²) in [7, 11) is 3.75. The Kier molecular flexibility index (Phi) is 8.10. The number of hydrogen-bond donors (Lipinski definition) is 1. The number of ether oxygens (including phenoxy) is 1. The first kappa shape index (κ1) is 19.2. The minimum Gasteiger partial charge on any atom is -0.383 e. The zero-order chi connectivity index (χ0) is 15.2. The van der Waals surface area contributed by atoms with Crippen LogP contribution >= 0.6 is 12.4 Å². The second-order valence-electron chi connectivity index (χ2n) is 6.08. The molecule has 6 heteroatoms. The Balaban J connectivity index is 0.00000242. The SMILES string of the molecule is COCCN(C)c1ccc(CN2CCC(C(C)N)C2)cn1.Cl. The van der Waals surface area contributed by atoms with E-state index in [9.17, 15) is 0 Å². The molecule has 1 saturated heterocycles. The van der Waals surface area contributed by atoms with Gasteiger partial charge in [0.05, 0.1) is 6.61 Å². The molecule has 1 aromatic rings. The predicted molar refractivity (Wildman–Crippen MR) is 93.7 cm³/mol. The van der Waals surface area contributed by atoms with E-state index >= 15 is 0 Å². The van der Waals surface area contributed by atoms with Crippen molar-refractivity contribution in [2.45, 2.75) is 25.9 Å². The molecule has 126 valence electrons. The summed E-state index contributed by atoms with van der Waals surface area (Å²) in [5, 5.41) is 0. The maximum absolute atomic E-state index is 5.99. The van der Waals surface area contributed by atoms with E-state index < -0.39 is 0 Å². The normalized spacial score (nSPS) is 19.7. The van der Waals surface area contributed by atoms with E-state index in [-0.39, 0.29) is 12.4 Å². The average Bonchev–Trinajstić information content (AvgIpc) is 2.94. The van der Waals surface area contributed by atoms with Crippen molar-refractivity contribution in [3.8, 4) is 0 Å². The van der Waals surface area contributed by atoms with E-state index in [0.29, 0.717) is 18.6 Å². The number of aromatic nitrogens is 1. The van der Waals surface area contributed by atoms with E-state index in [1.165, 1.54) is 12.0 Å². The number of nitrogens with two attached hydrogens (primary N) is 1. The third kappa shape index (κ3) is 5.39. The van der Waals surface area contributed by atoms with Crippen molar-refractivity contribution >= 4 is 18.2 Å². The van der Waals surface area contributed by atoms with Gasteiger partial charge in [-0.15, -0.1) is 12.4 Å². The largest absolute Gasteiger partial charge is 0.383 e. The molecule has 0 spiro atoms.